The van der Waals surface area contributed by atoms with Gasteiger partial charge in [-0.05, 0) is 41.6 Å². The molecule has 0 fully saturated rings. The summed E-state index contributed by atoms with van der Waals surface area (Å²) in [6.45, 7) is 0.583. The summed E-state index contributed by atoms with van der Waals surface area (Å²) in [5.41, 5.74) is 0.00348. The molecular weight excluding hydrogens is 313 g/mol. The number of carbonyl (C=O) groups is 1. The number of likely N-dealkylation sites (N-methyl/N-ethyl adjacent to an activating group) is 1. The average Bonchev–Trinajstić information content (AvgIpc) is 2.90. The molecule has 1 aromatic heterocycles. The van der Waals surface area contributed by atoms with Crippen LogP contribution < -0.4 is 5.32 Å². The fourth-order valence-electron chi connectivity index (χ4n) is 2.02. The lowest BCUT2D eigenvalue weighted by Crippen LogP contribution is -2.30. The molecule has 0 aliphatic rings. The number of hydrogen-bond acceptors (Lipinski definition) is 3. The highest BCUT2D eigenvalue weighted by atomic mass is 32.1. The number of rotatable bonds is 5. The molecule has 3 nitrogen and oxygen atoms in total. The summed E-state index contributed by atoms with van der Waals surface area (Å²) in [6, 6.07) is 6.89. The van der Waals surface area contributed by atoms with Crippen LogP contribution in [0.2, 0.25) is 0 Å². The summed E-state index contributed by atoms with van der Waals surface area (Å²) in [6.07, 6.45) is -4.49. The molecule has 1 heterocycles. The van der Waals surface area contributed by atoms with Gasteiger partial charge >= 0.3 is 6.18 Å². The van der Waals surface area contributed by atoms with Crippen molar-refractivity contribution in [3.63, 3.8) is 0 Å². The zero-order valence-corrected chi connectivity index (χ0v) is 12.7. The Bertz CT molecular complexity index is 626. The standard InChI is InChI=1S/C15H15F3N2OS/c1-20(8-11-6-7-22-10-11)9-14(21)19-13-5-3-2-4-12(13)15(16,17)18/h2-7,10H,8-9H2,1H3,(H,19,21). The summed E-state index contributed by atoms with van der Waals surface area (Å²) in [7, 11) is 1.74. The van der Waals surface area contributed by atoms with Crippen molar-refractivity contribution in [1.82, 2.24) is 4.90 Å². The summed E-state index contributed by atoms with van der Waals surface area (Å²) < 4.78 is 38.6. The largest absolute Gasteiger partial charge is 0.418 e. The van der Waals surface area contributed by atoms with E-state index < -0.39 is 17.6 Å². The van der Waals surface area contributed by atoms with Crippen molar-refractivity contribution < 1.29 is 18.0 Å². The third-order valence-electron chi connectivity index (χ3n) is 2.95. The molecular formula is C15H15F3N2OS. The molecule has 0 aliphatic heterocycles. The Morgan fingerprint density at radius 2 is 2.00 bits per heavy atom. The van der Waals surface area contributed by atoms with Crippen LogP contribution in [0.4, 0.5) is 18.9 Å². The van der Waals surface area contributed by atoms with Crippen LogP contribution in [0.15, 0.2) is 41.1 Å². The zero-order valence-electron chi connectivity index (χ0n) is 11.9. The first-order valence-electron chi connectivity index (χ1n) is 6.52. The van der Waals surface area contributed by atoms with Crippen LogP contribution in [0.1, 0.15) is 11.1 Å². The Morgan fingerprint density at radius 3 is 2.64 bits per heavy atom. The quantitative estimate of drug-likeness (QED) is 0.904. The first kappa shape index (κ1) is 16.5. The smallest absolute Gasteiger partial charge is 0.324 e. The molecule has 1 aromatic carbocycles. The Kier molecular flexibility index (Phi) is 5.20. The molecule has 118 valence electrons. The normalized spacial score (nSPS) is 11.7. The SMILES string of the molecule is CN(CC(=O)Nc1ccccc1C(F)(F)F)Cc1ccsc1. The minimum atomic E-state index is -4.49. The van der Waals surface area contributed by atoms with Crippen molar-refractivity contribution in [1.29, 1.82) is 0 Å². The van der Waals surface area contributed by atoms with Crippen LogP contribution in [0.3, 0.4) is 0 Å². The van der Waals surface area contributed by atoms with E-state index in [0.29, 0.717) is 6.54 Å². The van der Waals surface area contributed by atoms with Gasteiger partial charge in [-0.3, -0.25) is 9.69 Å². The number of halogens is 3. The molecule has 2 rings (SSSR count). The maximum Gasteiger partial charge on any atom is 0.418 e. The second-order valence-electron chi connectivity index (χ2n) is 4.90. The summed E-state index contributed by atoms with van der Waals surface area (Å²) in [4.78, 5) is 13.7. The van der Waals surface area contributed by atoms with Crippen LogP contribution in [-0.4, -0.2) is 24.4 Å². The number of benzene rings is 1. The van der Waals surface area contributed by atoms with Gasteiger partial charge in [-0.2, -0.15) is 24.5 Å². The van der Waals surface area contributed by atoms with E-state index in [1.54, 1.807) is 23.3 Å². The maximum absolute atomic E-state index is 12.9. The fraction of sp³-hybridized carbons (Fsp3) is 0.267. The Balaban J connectivity index is 1.98. The number of thiophene rings is 1. The van der Waals surface area contributed by atoms with E-state index in [1.807, 2.05) is 16.8 Å². The van der Waals surface area contributed by atoms with Crippen LogP contribution in [0.5, 0.6) is 0 Å². The monoisotopic (exact) mass is 328 g/mol. The van der Waals surface area contributed by atoms with Crippen molar-refractivity contribution in [2.24, 2.45) is 0 Å². The number of amides is 1. The van der Waals surface area contributed by atoms with Crippen LogP contribution in [0.25, 0.3) is 0 Å². The van der Waals surface area contributed by atoms with Gasteiger partial charge in [0.25, 0.3) is 0 Å². The number of nitrogens with zero attached hydrogens (tertiary/aromatic N) is 1. The number of hydrogen-bond donors (Lipinski definition) is 1. The van der Waals surface area contributed by atoms with E-state index in [0.717, 1.165) is 11.6 Å². The molecule has 0 aliphatic carbocycles. The molecule has 1 N–H and O–H groups in total. The second kappa shape index (κ2) is 6.93. The van der Waals surface area contributed by atoms with Crippen molar-refractivity contribution in [3.05, 3.63) is 52.2 Å². The van der Waals surface area contributed by atoms with Gasteiger partial charge in [-0.1, -0.05) is 12.1 Å². The van der Waals surface area contributed by atoms with Gasteiger partial charge in [-0.15, -0.1) is 0 Å². The molecule has 0 unspecified atom stereocenters. The zero-order chi connectivity index (χ0) is 16.2. The maximum atomic E-state index is 12.9. The van der Waals surface area contributed by atoms with E-state index >= 15 is 0 Å². The van der Waals surface area contributed by atoms with Gasteiger partial charge in [0.05, 0.1) is 17.8 Å². The molecule has 0 saturated carbocycles. The van der Waals surface area contributed by atoms with Crippen molar-refractivity contribution >= 4 is 22.9 Å². The average molecular weight is 328 g/mol. The van der Waals surface area contributed by atoms with Gasteiger partial charge < -0.3 is 5.32 Å². The van der Waals surface area contributed by atoms with E-state index in [9.17, 15) is 18.0 Å². The van der Waals surface area contributed by atoms with Crippen molar-refractivity contribution in [2.75, 3.05) is 18.9 Å². The highest BCUT2D eigenvalue weighted by Crippen LogP contribution is 2.34. The van der Waals surface area contributed by atoms with Crippen LogP contribution >= 0.6 is 11.3 Å². The lowest BCUT2D eigenvalue weighted by atomic mass is 10.1. The molecule has 22 heavy (non-hydrogen) atoms. The predicted molar refractivity (Wildman–Crippen MR) is 80.7 cm³/mol. The molecule has 1 amide bonds. The van der Waals surface area contributed by atoms with E-state index in [4.69, 9.17) is 0 Å². The topological polar surface area (TPSA) is 32.3 Å². The molecule has 0 saturated heterocycles. The molecule has 7 heteroatoms. The Labute approximate surface area is 130 Å². The van der Waals surface area contributed by atoms with E-state index in [2.05, 4.69) is 5.32 Å². The first-order chi connectivity index (χ1) is 10.4. The minimum absolute atomic E-state index is 0.0159. The summed E-state index contributed by atoms with van der Waals surface area (Å²) >= 11 is 1.56. The van der Waals surface area contributed by atoms with Crippen LogP contribution in [0, 0.1) is 0 Å². The number of para-hydroxylation sites is 1. The van der Waals surface area contributed by atoms with E-state index in [1.165, 1.54) is 18.2 Å². The van der Waals surface area contributed by atoms with Crippen molar-refractivity contribution in [2.45, 2.75) is 12.7 Å². The van der Waals surface area contributed by atoms with Crippen molar-refractivity contribution in [3.8, 4) is 0 Å². The predicted octanol–water partition coefficient (Wildman–Crippen LogP) is 3.84. The highest BCUT2D eigenvalue weighted by Gasteiger charge is 2.33. The lowest BCUT2D eigenvalue weighted by Gasteiger charge is -2.17. The molecule has 0 spiro atoms. The highest BCUT2D eigenvalue weighted by molar-refractivity contribution is 7.07. The van der Waals surface area contributed by atoms with Gasteiger partial charge in [0.1, 0.15) is 0 Å². The number of anilines is 1. The molecule has 2 aromatic rings. The van der Waals surface area contributed by atoms with Gasteiger partial charge in [0.15, 0.2) is 0 Å². The number of alkyl halides is 3. The molecule has 0 bridgehead atoms. The first-order valence-corrected chi connectivity index (χ1v) is 7.46. The van der Waals surface area contributed by atoms with E-state index in [-0.39, 0.29) is 12.2 Å². The Morgan fingerprint density at radius 1 is 1.27 bits per heavy atom. The van der Waals surface area contributed by atoms with Gasteiger partial charge in [-0.25, -0.2) is 0 Å². The third-order valence-corrected chi connectivity index (χ3v) is 3.68. The summed E-state index contributed by atoms with van der Waals surface area (Å²) in [5, 5.41) is 6.23. The fourth-order valence-corrected chi connectivity index (χ4v) is 2.68. The molecule has 0 atom stereocenters. The minimum Gasteiger partial charge on any atom is -0.324 e. The van der Waals surface area contributed by atoms with Gasteiger partial charge in [0.2, 0.25) is 5.91 Å². The number of carbonyl (C=O) groups excluding carboxylic acids is 1. The van der Waals surface area contributed by atoms with Gasteiger partial charge in [0, 0.05) is 6.54 Å². The third kappa shape index (κ3) is 4.57. The van der Waals surface area contributed by atoms with Crippen LogP contribution in [-0.2, 0) is 17.5 Å². The molecule has 0 radical (unpaired) electrons. The lowest BCUT2D eigenvalue weighted by molar-refractivity contribution is -0.137. The summed E-state index contributed by atoms with van der Waals surface area (Å²) in [5.74, 6) is -0.477. The Hall–Kier alpha value is -1.86. The second-order valence-corrected chi connectivity index (χ2v) is 5.68. The number of nitrogens with one attached hydrogen (secondary N) is 1.